The maximum Gasteiger partial charge on any atom is 0.410 e. The highest BCUT2D eigenvalue weighted by atomic mass is 16.6. The van der Waals surface area contributed by atoms with Gasteiger partial charge in [0.1, 0.15) is 5.60 Å². The van der Waals surface area contributed by atoms with Gasteiger partial charge in [-0.2, -0.15) is 0 Å². The summed E-state index contributed by atoms with van der Waals surface area (Å²) in [6.07, 6.45) is 1.87. The molecule has 1 rings (SSSR count). The second kappa shape index (κ2) is 4.94. The quantitative estimate of drug-likeness (QED) is 0.797. The fourth-order valence-corrected chi connectivity index (χ4v) is 2.05. The smallest absolute Gasteiger partial charge is 0.410 e. The van der Waals surface area contributed by atoms with Crippen molar-refractivity contribution < 1.29 is 14.3 Å². The van der Waals surface area contributed by atoms with Crippen LogP contribution in [-0.2, 0) is 9.53 Å². The van der Waals surface area contributed by atoms with Crippen LogP contribution in [0.15, 0.2) is 0 Å². The van der Waals surface area contributed by atoms with Crippen molar-refractivity contribution in [1.82, 2.24) is 4.90 Å². The summed E-state index contributed by atoms with van der Waals surface area (Å²) in [5.74, 6) is -0.380. The summed E-state index contributed by atoms with van der Waals surface area (Å²) >= 11 is 0. The Morgan fingerprint density at radius 1 is 1.29 bits per heavy atom. The first-order chi connectivity index (χ1) is 7.70. The van der Waals surface area contributed by atoms with Crippen molar-refractivity contribution in [3.05, 3.63) is 0 Å². The highest BCUT2D eigenvalue weighted by Gasteiger charge is 2.34. The van der Waals surface area contributed by atoms with E-state index in [-0.39, 0.29) is 24.0 Å². The van der Waals surface area contributed by atoms with Crippen LogP contribution in [0.3, 0.4) is 0 Å². The highest BCUT2D eigenvalue weighted by molar-refractivity contribution is 5.77. The van der Waals surface area contributed by atoms with E-state index in [1.165, 1.54) is 0 Å². The van der Waals surface area contributed by atoms with E-state index in [9.17, 15) is 9.59 Å². The molecule has 17 heavy (non-hydrogen) atoms. The maximum atomic E-state index is 11.8. The minimum Gasteiger partial charge on any atom is -0.444 e. The van der Waals surface area contributed by atoms with Gasteiger partial charge in [-0.25, -0.2) is 4.79 Å². The third-order valence-electron chi connectivity index (χ3n) is 3.04. The molecule has 0 heterocycles. The van der Waals surface area contributed by atoms with Gasteiger partial charge in [-0.15, -0.1) is 0 Å². The molecule has 2 amide bonds. The number of rotatable bonds is 2. The van der Waals surface area contributed by atoms with Crippen molar-refractivity contribution in [3.63, 3.8) is 0 Å². The molecule has 0 radical (unpaired) electrons. The predicted molar refractivity (Wildman–Crippen MR) is 64.3 cm³/mol. The summed E-state index contributed by atoms with van der Waals surface area (Å²) in [5.41, 5.74) is 4.77. The minimum atomic E-state index is -0.493. The van der Waals surface area contributed by atoms with Crippen LogP contribution in [0.25, 0.3) is 0 Å². The van der Waals surface area contributed by atoms with Crippen molar-refractivity contribution in [1.29, 1.82) is 0 Å². The standard InChI is InChI=1S/C12H22N2O3/c1-12(2,3)17-11(16)14(4)9-6-5-8(7-9)10(13)15/h8-9H,5-7H2,1-4H3,(H2,13,15). The van der Waals surface area contributed by atoms with Gasteiger partial charge in [-0.1, -0.05) is 0 Å². The van der Waals surface area contributed by atoms with E-state index in [1.807, 2.05) is 20.8 Å². The molecule has 2 N–H and O–H groups in total. The van der Waals surface area contributed by atoms with Crippen molar-refractivity contribution in [3.8, 4) is 0 Å². The largest absolute Gasteiger partial charge is 0.444 e. The van der Waals surface area contributed by atoms with E-state index in [0.29, 0.717) is 6.42 Å². The molecule has 1 fully saturated rings. The molecule has 0 aromatic carbocycles. The molecule has 2 unspecified atom stereocenters. The molecule has 0 aromatic rings. The van der Waals surface area contributed by atoms with Crippen LogP contribution in [0.5, 0.6) is 0 Å². The van der Waals surface area contributed by atoms with Crippen molar-refractivity contribution in [2.75, 3.05) is 7.05 Å². The summed E-state index contributed by atoms with van der Waals surface area (Å²) in [5, 5.41) is 0. The third kappa shape index (κ3) is 3.91. The van der Waals surface area contributed by atoms with Crippen LogP contribution < -0.4 is 5.73 Å². The number of primary amides is 1. The van der Waals surface area contributed by atoms with Crippen LogP contribution in [0.4, 0.5) is 4.79 Å². The third-order valence-corrected chi connectivity index (χ3v) is 3.04. The molecule has 1 saturated carbocycles. The Kier molecular flexibility index (Phi) is 4.01. The van der Waals surface area contributed by atoms with E-state index in [2.05, 4.69) is 0 Å². The molecule has 2 atom stereocenters. The van der Waals surface area contributed by atoms with Crippen molar-refractivity contribution in [2.45, 2.75) is 51.7 Å². The fourth-order valence-electron chi connectivity index (χ4n) is 2.05. The number of ether oxygens (including phenoxy) is 1. The zero-order valence-electron chi connectivity index (χ0n) is 11.0. The van der Waals surface area contributed by atoms with E-state index in [1.54, 1.807) is 11.9 Å². The second-order valence-corrected chi connectivity index (χ2v) is 5.66. The summed E-state index contributed by atoms with van der Waals surface area (Å²) < 4.78 is 5.28. The molecule has 0 spiro atoms. The molecular weight excluding hydrogens is 220 g/mol. The Morgan fingerprint density at radius 2 is 1.88 bits per heavy atom. The highest BCUT2D eigenvalue weighted by Crippen LogP contribution is 2.29. The molecule has 0 saturated heterocycles. The number of carbonyl (C=O) groups is 2. The van der Waals surface area contributed by atoms with Gasteiger partial charge in [-0.3, -0.25) is 4.79 Å². The topological polar surface area (TPSA) is 72.6 Å². The van der Waals surface area contributed by atoms with Crippen LogP contribution in [0.2, 0.25) is 0 Å². The Labute approximate surface area is 102 Å². The lowest BCUT2D eigenvalue weighted by Gasteiger charge is -2.28. The second-order valence-electron chi connectivity index (χ2n) is 5.66. The Balaban J connectivity index is 2.52. The number of carbonyl (C=O) groups excluding carboxylic acids is 2. The maximum absolute atomic E-state index is 11.8. The molecule has 5 heteroatoms. The monoisotopic (exact) mass is 242 g/mol. The first-order valence-corrected chi connectivity index (χ1v) is 5.96. The van der Waals surface area contributed by atoms with Crippen LogP contribution in [-0.4, -0.2) is 35.6 Å². The van der Waals surface area contributed by atoms with Gasteiger partial charge in [0.25, 0.3) is 0 Å². The predicted octanol–water partition coefficient (Wildman–Crippen LogP) is 1.51. The summed E-state index contributed by atoms with van der Waals surface area (Å²) in [4.78, 5) is 24.4. The molecule has 98 valence electrons. The van der Waals surface area contributed by atoms with E-state index in [4.69, 9.17) is 10.5 Å². The first-order valence-electron chi connectivity index (χ1n) is 5.96. The number of hydrogen-bond donors (Lipinski definition) is 1. The van der Waals surface area contributed by atoms with Gasteiger partial charge in [0.2, 0.25) is 5.91 Å². The van der Waals surface area contributed by atoms with Gasteiger partial charge in [0.15, 0.2) is 0 Å². The summed E-state index contributed by atoms with van der Waals surface area (Å²) in [6.45, 7) is 5.50. The van der Waals surface area contributed by atoms with Gasteiger partial charge in [-0.05, 0) is 40.0 Å². The number of hydrogen-bond acceptors (Lipinski definition) is 3. The minimum absolute atomic E-state index is 0.0577. The fraction of sp³-hybridized carbons (Fsp3) is 0.833. The van der Waals surface area contributed by atoms with Crippen molar-refractivity contribution in [2.24, 2.45) is 11.7 Å². The zero-order valence-corrected chi connectivity index (χ0v) is 11.0. The normalized spacial score (nSPS) is 24.5. The molecule has 1 aliphatic carbocycles. The van der Waals surface area contributed by atoms with Gasteiger partial charge < -0.3 is 15.4 Å². The molecule has 5 nitrogen and oxygen atoms in total. The van der Waals surface area contributed by atoms with Gasteiger partial charge in [0.05, 0.1) is 0 Å². The average molecular weight is 242 g/mol. The Bertz CT molecular complexity index is 309. The molecule has 0 aliphatic heterocycles. The van der Waals surface area contributed by atoms with Crippen molar-refractivity contribution >= 4 is 12.0 Å². The lowest BCUT2D eigenvalue weighted by atomic mass is 10.1. The average Bonchev–Trinajstić information content (AvgIpc) is 2.62. The first kappa shape index (κ1) is 13.8. The molecular formula is C12H22N2O3. The Morgan fingerprint density at radius 3 is 2.29 bits per heavy atom. The van der Waals surface area contributed by atoms with Crippen LogP contribution in [0, 0.1) is 5.92 Å². The van der Waals surface area contributed by atoms with Crippen LogP contribution in [0.1, 0.15) is 40.0 Å². The van der Waals surface area contributed by atoms with E-state index in [0.717, 1.165) is 12.8 Å². The molecule has 1 aliphatic rings. The number of nitrogens with zero attached hydrogens (tertiary/aromatic N) is 1. The van der Waals surface area contributed by atoms with E-state index >= 15 is 0 Å². The van der Waals surface area contributed by atoms with E-state index < -0.39 is 5.60 Å². The number of amides is 2. The lowest BCUT2D eigenvalue weighted by Crippen LogP contribution is -2.40. The summed E-state index contributed by atoms with van der Waals surface area (Å²) in [6, 6.07) is 0.0577. The Hall–Kier alpha value is -1.26. The SMILES string of the molecule is CN(C(=O)OC(C)(C)C)C1CCC(C(N)=O)C1. The number of nitrogens with two attached hydrogens (primary N) is 1. The van der Waals surface area contributed by atoms with Crippen LogP contribution >= 0.6 is 0 Å². The summed E-state index contributed by atoms with van der Waals surface area (Å²) in [7, 11) is 1.71. The zero-order chi connectivity index (χ0) is 13.2. The lowest BCUT2D eigenvalue weighted by molar-refractivity contribution is -0.121. The van der Waals surface area contributed by atoms with Gasteiger partial charge >= 0.3 is 6.09 Å². The van der Waals surface area contributed by atoms with Gasteiger partial charge in [0, 0.05) is 19.0 Å². The molecule has 0 aromatic heterocycles. The molecule has 0 bridgehead atoms.